The summed E-state index contributed by atoms with van der Waals surface area (Å²) in [7, 11) is 0. The number of ether oxygens (including phenoxy) is 1. The fourth-order valence-corrected chi connectivity index (χ4v) is 2.59. The van der Waals surface area contributed by atoms with Crippen molar-refractivity contribution in [2.75, 3.05) is 11.9 Å². The van der Waals surface area contributed by atoms with Crippen LogP contribution in [-0.2, 0) is 20.9 Å². The van der Waals surface area contributed by atoms with Gasteiger partial charge < -0.3 is 14.6 Å². The van der Waals surface area contributed by atoms with Crippen molar-refractivity contribution >= 4 is 17.5 Å². The SMILES string of the molecule is O=C(CCn1ccnc1)Nc1cccc(C(=O)NOC2CCCCO2)c1. The molecule has 2 amide bonds. The predicted molar refractivity (Wildman–Crippen MR) is 94.1 cm³/mol. The number of nitrogens with zero attached hydrogens (tertiary/aromatic N) is 2. The van der Waals surface area contributed by atoms with Gasteiger partial charge in [0.15, 0.2) is 6.29 Å². The lowest BCUT2D eigenvalue weighted by molar-refractivity contribution is -0.186. The molecule has 2 aromatic rings. The molecule has 2 heterocycles. The average Bonchev–Trinajstić information content (AvgIpc) is 3.19. The number of rotatable bonds is 7. The van der Waals surface area contributed by atoms with Gasteiger partial charge in [0.05, 0.1) is 6.33 Å². The van der Waals surface area contributed by atoms with Gasteiger partial charge >= 0.3 is 0 Å². The highest BCUT2D eigenvalue weighted by Gasteiger charge is 2.16. The number of carbonyl (C=O) groups excluding carboxylic acids is 2. The summed E-state index contributed by atoms with van der Waals surface area (Å²) in [4.78, 5) is 33.4. The van der Waals surface area contributed by atoms with Crippen LogP contribution in [0.4, 0.5) is 5.69 Å². The Hall–Kier alpha value is -2.71. The van der Waals surface area contributed by atoms with Gasteiger partial charge in [-0.1, -0.05) is 6.07 Å². The van der Waals surface area contributed by atoms with Crippen molar-refractivity contribution < 1.29 is 19.2 Å². The Morgan fingerprint density at radius 2 is 2.27 bits per heavy atom. The topological polar surface area (TPSA) is 94.5 Å². The van der Waals surface area contributed by atoms with Gasteiger partial charge in [-0.2, -0.15) is 0 Å². The van der Waals surface area contributed by atoms with Crippen LogP contribution < -0.4 is 10.8 Å². The van der Waals surface area contributed by atoms with Gasteiger partial charge in [0, 0.05) is 49.6 Å². The van der Waals surface area contributed by atoms with Gasteiger partial charge in [-0.3, -0.25) is 9.59 Å². The van der Waals surface area contributed by atoms with Gasteiger partial charge in [0.25, 0.3) is 5.91 Å². The molecule has 1 atom stereocenters. The third-order valence-corrected chi connectivity index (χ3v) is 3.99. The maximum absolute atomic E-state index is 12.2. The number of imidazole rings is 1. The Morgan fingerprint density at radius 3 is 3.04 bits per heavy atom. The van der Waals surface area contributed by atoms with Crippen LogP contribution >= 0.6 is 0 Å². The van der Waals surface area contributed by atoms with Crippen LogP contribution in [0.2, 0.25) is 0 Å². The van der Waals surface area contributed by atoms with E-state index in [0.29, 0.717) is 30.8 Å². The van der Waals surface area contributed by atoms with Gasteiger partial charge in [-0.05, 0) is 31.0 Å². The maximum Gasteiger partial charge on any atom is 0.275 e. The molecule has 0 spiro atoms. The molecule has 2 N–H and O–H groups in total. The average molecular weight is 358 g/mol. The number of aryl methyl sites for hydroxylation is 1. The molecule has 8 heteroatoms. The number of carbonyl (C=O) groups is 2. The van der Waals surface area contributed by atoms with E-state index in [1.165, 1.54) is 0 Å². The summed E-state index contributed by atoms with van der Waals surface area (Å²) < 4.78 is 7.23. The standard InChI is InChI=1S/C18H22N4O4/c23-16(7-9-22-10-8-19-13-22)20-15-5-3-4-14(12-15)18(24)21-26-17-6-1-2-11-25-17/h3-5,8,10,12-13,17H,1-2,6-7,9,11H2,(H,20,23)(H,21,24). The highest BCUT2D eigenvalue weighted by Crippen LogP contribution is 2.14. The number of hydroxylamine groups is 1. The lowest BCUT2D eigenvalue weighted by Crippen LogP contribution is -2.33. The zero-order valence-corrected chi connectivity index (χ0v) is 14.4. The summed E-state index contributed by atoms with van der Waals surface area (Å²) in [5.41, 5.74) is 3.36. The number of anilines is 1. The van der Waals surface area contributed by atoms with E-state index in [1.54, 1.807) is 43.0 Å². The van der Waals surface area contributed by atoms with Crippen molar-refractivity contribution in [1.29, 1.82) is 0 Å². The summed E-state index contributed by atoms with van der Waals surface area (Å²) in [6, 6.07) is 6.70. The van der Waals surface area contributed by atoms with E-state index in [9.17, 15) is 9.59 Å². The number of amides is 2. The third kappa shape index (κ3) is 5.40. The molecule has 1 fully saturated rings. The molecule has 1 aliphatic rings. The lowest BCUT2D eigenvalue weighted by Gasteiger charge is -2.22. The minimum absolute atomic E-state index is 0.136. The highest BCUT2D eigenvalue weighted by molar-refractivity contribution is 5.96. The molecule has 1 unspecified atom stereocenters. The van der Waals surface area contributed by atoms with E-state index in [4.69, 9.17) is 9.57 Å². The first-order valence-electron chi connectivity index (χ1n) is 8.64. The summed E-state index contributed by atoms with van der Waals surface area (Å²) >= 11 is 0. The first-order chi connectivity index (χ1) is 12.7. The minimum Gasteiger partial charge on any atom is -0.350 e. The summed E-state index contributed by atoms with van der Waals surface area (Å²) in [6.45, 7) is 1.18. The van der Waals surface area contributed by atoms with Crippen LogP contribution in [0, 0.1) is 0 Å². The van der Waals surface area contributed by atoms with Crippen LogP contribution in [0.5, 0.6) is 0 Å². The molecule has 26 heavy (non-hydrogen) atoms. The fraction of sp³-hybridized carbons (Fsp3) is 0.389. The van der Waals surface area contributed by atoms with E-state index in [1.807, 2.05) is 4.57 Å². The van der Waals surface area contributed by atoms with E-state index >= 15 is 0 Å². The zero-order chi connectivity index (χ0) is 18.2. The van der Waals surface area contributed by atoms with Crippen molar-refractivity contribution in [3.63, 3.8) is 0 Å². The monoisotopic (exact) mass is 358 g/mol. The summed E-state index contributed by atoms with van der Waals surface area (Å²) in [6.07, 6.45) is 7.82. The molecule has 138 valence electrons. The molecule has 1 aromatic carbocycles. The van der Waals surface area contributed by atoms with Crippen LogP contribution in [0.3, 0.4) is 0 Å². The second-order valence-electron chi connectivity index (χ2n) is 6.02. The second kappa shape index (κ2) is 9.12. The first kappa shape index (κ1) is 18.1. The van der Waals surface area contributed by atoms with Crippen molar-refractivity contribution in [3.05, 3.63) is 48.5 Å². The highest BCUT2D eigenvalue weighted by atomic mass is 16.8. The van der Waals surface area contributed by atoms with Gasteiger partial charge in [0.2, 0.25) is 5.91 Å². The molecule has 0 saturated carbocycles. The van der Waals surface area contributed by atoms with Crippen molar-refractivity contribution in [2.45, 2.75) is 38.5 Å². The van der Waals surface area contributed by atoms with E-state index < -0.39 is 6.29 Å². The van der Waals surface area contributed by atoms with Crippen LogP contribution in [0.25, 0.3) is 0 Å². The van der Waals surface area contributed by atoms with Crippen LogP contribution in [-0.4, -0.2) is 34.3 Å². The molecule has 0 bridgehead atoms. The minimum atomic E-state index is -0.404. The number of hydrogen-bond acceptors (Lipinski definition) is 5. The van der Waals surface area contributed by atoms with Crippen LogP contribution in [0.1, 0.15) is 36.0 Å². The smallest absolute Gasteiger partial charge is 0.275 e. The Kier molecular flexibility index (Phi) is 6.34. The Labute approximate surface area is 151 Å². The number of hydrogen-bond donors (Lipinski definition) is 2. The van der Waals surface area contributed by atoms with E-state index in [0.717, 1.165) is 19.3 Å². The molecule has 1 aliphatic heterocycles. The number of benzene rings is 1. The molecule has 3 rings (SSSR count). The molecule has 8 nitrogen and oxygen atoms in total. The molecule has 0 radical (unpaired) electrons. The first-order valence-corrected chi connectivity index (χ1v) is 8.64. The Balaban J connectivity index is 1.48. The van der Waals surface area contributed by atoms with Crippen LogP contribution in [0.15, 0.2) is 43.0 Å². The quantitative estimate of drug-likeness (QED) is 0.739. The van der Waals surface area contributed by atoms with Crippen molar-refractivity contribution in [2.24, 2.45) is 0 Å². The maximum atomic E-state index is 12.2. The zero-order valence-electron chi connectivity index (χ0n) is 14.4. The summed E-state index contributed by atoms with van der Waals surface area (Å²) in [5.74, 6) is -0.517. The molecule has 1 saturated heterocycles. The summed E-state index contributed by atoms with van der Waals surface area (Å²) in [5, 5.41) is 2.79. The van der Waals surface area contributed by atoms with E-state index in [-0.39, 0.29) is 11.8 Å². The van der Waals surface area contributed by atoms with Crippen molar-refractivity contribution in [3.8, 4) is 0 Å². The third-order valence-electron chi connectivity index (χ3n) is 3.99. The second-order valence-corrected chi connectivity index (χ2v) is 6.02. The molecular weight excluding hydrogens is 336 g/mol. The fourth-order valence-electron chi connectivity index (χ4n) is 2.59. The van der Waals surface area contributed by atoms with Gasteiger partial charge in [-0.25, -0.2) is 15.3 Å². The van der Waals surface area contributed by atoms with Crippen molar-refractivity contribution in [1.82, 2.24) is 15.0 Å². The van der Waals surface area contributed by atoms with Gasteiger partial charge in [0.1, 0.15) is 0 Å². The lowest BCUT2D eigenvalue weighted by atomic mass is 10.2. The Morgan fingerprint density at radius 1 is 1.35 bits per heavy atom. The Bertz CT molecular complexity index is 727. The molecule has 0 aliphatic carbocycles. The largest absolute Gasteiger partial charge is 0.350 e. The molecule has 1 aromatic heterocycles. The van der Waals surface area contributed by atoms with E-state index in [2.05, 4.69) is 15.8 Å². The normalized spacial score (nSPS) is 16.8. The number of nitrogens with one attached hydrogen (secondary N) is 2. The van der Waals surface area contributed by atoms with Gasteiger partial charge in [-0.15, -0.1) is 0 Å². The number of aromatic nitrogens is 2. The molecular formula is C18H22N4O4. The predicted octanol–water partition coefficient (Wildman–Crippen LogP) is 2.10.